The summed E-state index contributed by atoms with van der Waals surface area (Å²) in [6.07, 6.45) is 1.26. The molecule has 0 amide bonds. The number of rotatable bonds is 1. The molecule has 0 aromatic carbocycles. The summed E-state index contributed by atoms with van der Waals surface area (Å²) in [5.41, 5.74) is 1.82. The second-order valence-corrected chi connectivity index (χ2v) is 8.49. The smallest absolute Gasteiger partial charge is 0.258 e. The summed E-state index contributed by atoms with van der Waals surface area (Å²) in [4.78, 5) is 32.2. The summed E-state index contributed by atoms with van der Waals surface area (Å²) in [5, 5.41) is 5.25. The molecule has 7 heteroatoms. The summed E-state index contributed by atoms with van der Waals surface area (Å²) in [7, 11) is 0. The Labute approximate surface area is 147 Å². The highest BCUT2D eigenvalue weighted by atomic mass is 32.1. The highest BCUT2D eigenvalue weighted by Gasteiger charge is 2.42. The van der Waals surface area contributed by atoms with E-state index in [1.165, 1.54) is 0 Å². The van der Waals surface area contributed by atoms with E-state index in [2.05, 4.69) is 29.1 Å². The lowest BCUT2D eigenvalue weighted by Crippen LogP contribution is -2.36. The van der Waals surface area contributed by atoms with Crippen LogP contribution in [0.2, 0.25) is 0 Å². The molecule has 0 saturated carbocycles. The first kappa shape index (κ1) is 15.5. The van der Waals surface area contributed by atoms with Crippen molar-refractivity contribution in [1.82, 2.24) is 9.97 Å². The van der Waals surface area contributed by atoms with Gasteiger partial charge in [-0.3, -0.25) is 14.6 Å². The Kier molecular flexibility index (Phi) is 3.40. The molecule has 0 radical (unpaired) electrons. The van der Waals surface area contributed by atoms with Gasteiger partial charge in [0.1, 0.15) is 5.82 Å². The van der Waals surface area contributed by atoms with Crippen LogP contribution in [0, 0.1) is 10.2 Å². The third-order valence-corrected chi connectivity index (χ3v) is 5.72. The van der Waals surface area contributed by atoms with Crippen LogP contribution in [0.1, 0.15) is 43.0 Å². The number of carbonyl (C=O) groups excluding carboxylic acids is 1. The minimum absolute atomic E-state index is 0.0988. The summed E-state index contributed by atoms with van der Waals surface area (Å²) in [6, 6.07) is 3.92. The maximum atomic E-state index is 12.9. The third-order valence-electron chi connectivity index (χ3n) is 4.58. The Morgan fingerprint density at radius 1 is 1.25 bits per heavy atom. The van der Waals surface area contributed by atoms with E-state index in [1.54, 1.807) is 11.3 Å². The number of aromatic amines is 2. The van der Waals surface area contributed by atoms with Gasteiger partial charge in [-0.2, -0.15) is 0 Å². The quantitative estimate of drug-likeness (QED) is 0.679. The molecule has 124 valence electrons. The maximum Gasteiger partial charge on any atom is 0.258 e. The zero-order chi connectivity index (χ0) is 17.1. The number of carbonyl (C=O) groups is 1. The number of aromatic nitrogens is 2. The van der Waals surface area contributed by atoms with Crippen molar-refractivity contribution in [3.05, 3.63) is 54.3 Å². The minimum Gasteiger partial charge on any atom is -0.344 e. The van der Waals surface area contributed by atoms with Crippen molar-refractivity contribution in [2.45, 2.75) is 32.6 Å². The normalized spacial score (nSPS) is 21.9. The van der Waals surface area contributed by atoms with E-state index in [-0.39, 0.29) is 27.4 Å². The third kappa shape index (κ3) is 2.39. The molecular weight excluding hydrogens is 342 g/mol. The van der Waals surface area contributed by atoms with Crippen molar-refractivity contribution < 1.29 is 4.79 Å². The van der Waals surface area contributed by atoms with Gasteiger partial charge in [0.15, 0.2) is 10.6 Å². The van der Waals surface area contributed by atoms with Crippen LogP contribution in [-0.4, -0.2) is 15.8 Å². The van der Waals surface area contributed by atoms with E-state index in [4.69, 9.17) is 12.2 Å². The number of thiophene rings is 1. The lowest BCUT2D eigenvalue weighted by molar-refractivity contribution is -0.118. The van der Waals surface area contributed by atoms with Gasteiger partial charge in [-0.15, -0.1) is 11.3 Å². The molecule has 0 saturated heterocycles. The standard InChI is InChI=1S/C17H17N3O2S2/c1-17(2)6-8-11(9(21)7-17)12(10-4-3-5-24-10)13-14(18-8)19-16(23)20-15(13)22/h3-5,12H,6-7H2,1-2H3,(H3,18,19,20,22,23). The molecule has 4 rings (SSSR count). The average molecular weight is 359 g/mol. The molecule has 0 spiro atoms. The van der Waals surface area contributed by atoms with Crippen molar-refractivity contribution in [2.24, 2.45) is 5.41 Å². The van der Waals surface area contributed by atoms with Crippen LogP contribution >= 0.6 is 23.6 Å². The lowest BCUT2D eigenvalue weighted by atomic mass is 9.70. The van der Waals surface area contributed by atoms with Crippen LogP contribution in [0.25, 0.3) is 0 Å². The Bertz CT molecular complexity index is 980. The lowest BCUT2D eigenvalue weighted by Gasteiger charge is -2.38. The Morgan fingerprint density at radius 3 is 2.75 bits per heavy atom. The van der Waals surface area contributed by atoms with Gasteiger partial charge in [0.25, 0.3) is 5.56 Å². The molecule has 24 heavy (non-hydrogen) atoms. The summed E-state index contributed by atoms with van der Waals surface area (Å²) >= 11 is 6.66. The molecule has 1 atom stereocenters. The second-order valence-electron chi connectivity index (χ2n) is 7.10. The average Bonchev–Trinajstić information content (AvgIpc) is 2.96. The molecule has 0 bridgehead atoms. The first-order valence-electron chi connectivity index (χ1n) is 7.79. The van der Waals surface area contributed by atoms with Crippen molar-refractivity contribution in [3.8, 4) is 0 Å². The van der Waals surface area contributed by atoms with Crippen LogP contribution in [0.4, 0.5) is 5.82 Å². The van der Waals surface area contributed by atoms with E-state index < -0.39 is 0 Å². The van der Waals surface area contributed by atoms with Crippen LogP contribution in [0.5, 0.6) is 0 Å². The fraction of sp³-hybridized carbons (Fsp3) is 0.353. The molecule has 3 N–H and O–H groups in total. The molecule has 0 fully saturated rings. The fourth-order valence-corrected chi connectivity index (χ4v) is 4.72. The van der Waals surface area contributed by atoms with Crippen molar-refractivity contribution in [1.29, 1.82) is 0 Å². The predicted octanol–water partition coefficient (Wildman–Crippen LogP) is 3.69. The molecule has 2 aromatic rings. The van der Waals surface area contributed by atoms with Gasteiger partial charge in [0.05, 0.1) is 11.5 Å². The molecule has 3 heterocycles. The summed E-state index contributed by atoms with van der Waals surface area (Å²) in [5.74, 6) is 0.376. The topological polar surface area (TPSA) is 77.8 Å². The largest absolute Gasteiger partial charge is 0.344 e. The zero-order valence-electron chi connectivity index (χ0n) is 13.4. The van der Waals surface area contributed by atoms with E-state index >= 15 is 0 Å². The van der Waals surface area contributed by atoms with E-state index in [0.29, 0.717) is 17.8 Å². The second kappa shape index (κ2) is 5.26. The highest BCUT2D eigenvalue weighted by molar-refractivity contribution is 7.71. The van der Waals surface area contributed by atoms with Crippen LogP contribution in [-0.2, 0) is 4.79 Å². The number of ketones is 1. The number of hydrogen-bond acceptors (Lipinski definition) is 5. The number of allylic oxidation sites excluding steroid dienone is 2. The molecule has 2 aromatic heterocycles. The number of anilines is 1. The van der Waals surface area contributed by atoms with Crippen LogP contribution < -0.4 is 10.9 Å². The predicted molar refractivity (Wildman–Crippen MR) is 97.1 cm³/mol. The van der Waals surface area contributed by atoms with E-state index in [9.17, 15) is 9.59 Å². The van der Waals surface area contributed by atoms with Crippen molar-refractivity contribution in [3.63, 3.8) is 0 Å². The Morgan fingerprint density at radius 2 is 2.04 bits per heavy atom. The highest BCUT2D eigenvalue weighted by Crippen LogP contribution is 2.48. The summed E-state index contributed by atoms with van der Waals surface area (Å²) in [6.45, 7) is 4.18. The van der Waals surface area contributed by atoms with Gasteiger partial charge >= 0.3 is 0 Å². The minimum atomic E-state index is -0.338. The zero-order valence-corrected chi connectivity index (χ0v) is 15.0. The molecule has 5 nitrogen and oxygen atoms in total. The van der Waals surface area contributed by atoms with Gasteiger partial charge in [0, 0.05) is 22.6 Å². The van der Waals surface area contributed by atoms with E-state index in [0.717, 1.165) is 22.6 Å². The van der Waals surface area contributed by atoms with Gasteiger partial charge in [0.2, 0.25) is 0 Å². The number of Topliss-reactive ketones (excluding diaryl/α,β-unsaturated/α-hetero) is 1. The van der Waals surface area contributed by atoms with Crippen molar-refractivity contribution in [2.75, 3.05) is 5.32 Å². The number of H-pyrrole nitrogens is 2. The Balaban J connectivity index is 2.01. The number of fused-ring (bicyclic) bond motifs is 1. The van der Waals surface area contributed by atoms with Gasteiger partial charge in [-0.25, -0.2) is 0 Å². The SMILES string of the molecule is CC1(C)CC(=O)C2=C(C1)Nc1[nH]c(=S)[nH]c(=O)c1C2c1cccs1. The number of hydrogen-bond donors (Lipinski definition) is 3. The molecule has 1 aliphatic heterocycles. The monoisotopic (exact) mass is 359 g/mol. The van der Waals surface area contributed by atoms with Gasteiger partial charge in [-0.05, 0) is 35.5 Å². The van der Waals surface area contributed by atoms with Crippen LogP contribution in [0.15, 0.2) is 33.6 Å². The van der Waals surface area contributed by atoms with Gasteiger partial charge in [-0.1, -0.05) is 19.9 Å². The fourth-order valence-electron chi connectivity index (χ4n) is 3.69. The van der Waals surface area contributed by atoms with Crippen LogP contribution in [0.3, 0.4) is 0 Å². The van der Waals surface area contributed by atoms with Gasteiger partial charge < -0.3 is 10.3 Å². The first-order valence-corrected chi connectivity index (χ1v) is 9.08. The maximum absolute atomic E-state index is 12.9. The molecule has 2 aliphatic rings. The summed E-state index contributed by atoms with van der Waals surface area (Å²) < 4.78 is 0.279. The van der Waals surface area contributed by atoms with E-state index in [1.807, 2.05) is 17.5 Å². The molecular formula is C17H17N3O2S2. The molecule has 1 aliphatic carbocycles. The Hall–Kier alpha value is -1.99. The number of nitrogens with one attached hydrogen (secondary N) is 3. The van der Waals surface area contributed by atoms with Crippen molar-refractivity contribution >= 4 is 35.2 Å². The first-order chi connectivity index (χ1) is 11.4. The molecule has 1 unspecified atom stereocenters.